The first-order chi connectivity index (χ1) is 15.7. The predicted molar refractivity (Wildman–Crippen MR) is 119 cm³/mol. The molecule has 0 aliphatic carbocycles. The summed E-state index contributed by atoms with van der Waals surface area (Å²) in [4.78, 5) is 17.9. The quantitative estimate of drug-likeness (QED) is 0.327. The number of benzene rings is 2. The van der Waals surface area contributed by atoms with E-state index >= 15 is 0 Å². The summed E-state index contributed by atoms with van der Waals surface area (Å²) in [6.07, 6.45) is -2.97. The highest BCUT2D eigenvalue weighted by Gasteiger charge is 2.31. The molecule has 3 heterocycles. The van der Waals surface area contributed by atoms with Crippen LogP contribution in [0.2, 0.25) is 5.15 Å². The van der Waals surface area contributed by atoms with Gasteiger partial charge in [-0.2, -0.15) is 5.10 Å². The molecular formula is C23H14ClF3N4O2. The third-order valence-electron chi connectivity index (χ3n) is 5.07. The lowest BCUT2D eigenvalue weighted by Gasteiger charge is -2.14. The molecule has 0 saturated heterocycles. The molecule has 0 bridgehead atoms. The molecule has 5 rings (SSSR count). The number of fused-ring (bicyclic) bond motifs is 2. The van der Waals surface area contributed by atoms with Gasteiger partial charge in [0.15, 0.2) is 0 Å². The summed E-state index contributed by atoms with van der Waals surface area (Å²) >= 11 is 6.07. The average molecular weight is 471 g/mol. The van der Waals surface area contributed by atoms with Crippen LogP contribution in [0.5, 0.6) is 5.75 Å². The fourth-order valence-electron chi connectivity index (χ4n) is 3.72. The van der Waals surface area contributed by atoms with Gasteiger partial charge in [0.2, 0.25) is 0 Å². The fraction of sp³-hybridized carbons (Fsp3) is 0.0870. The molecule has 0 amide bonds. The summed E-state index contributed by atoms with van der Waals surface area (Å²) in [7, 11) is 1.81. The van der Waals surface area contributed by atoms with Gasteiger partial charge in [-0.3, -0.25) is 14.0 Å². The van der Waals surface area contributed by atoms with Gasteiger partial charge in [0, 0.05) is 29.6 Å². The fourth-order valence-corrected chi connectivity index (χ4v) is 3.86. The Morgan fingerprint density at radius 1 is 0.970 bits per heavy atom. The maximum absolute atomic E-state index is 13.6. The Morgan fingerprint density at radius 3 is 2.45 bits per heavy atom. The van der Waals surface area contributed by atoms with E-state index in [2.05, 4.69) is 14.8 Å². The molecule has 0 atom stereocenters. The molecule has 166 valence electrons. The first kappa shape index (κ1) is 21.0. The third kappa shape index (κ3) is 4.03. The summed E-state index contributed by atoms with van der Waals surface area (Å²) in [5.41, 5.74) is 2.05. The second-order valence-electron chi connectivity index (χ2n) is 7.36. The molecule has 6 nitrogen and oxygen atoms in total. The van der Waals surface area contributed by atoms with Gasteiger partial charge in [-0.25, -0.2) is 4.98 Å². The van der Waals surface area contributed by atoms with Gasteiger partial charge < -0.3 is 4.74 Å². The Kier molecular flexibility index (Phi) is 4.86. The monoisotopic (exact) mass is 470 g/mol. The number of rotatable bonds is 3. The summed E-state index contributed by atoms with van der Waals surface area (Å²) in [6.45, 7) is 0. The van der Waals surface area contributed by atoms with Gasteiger partial charge in [-0.05, 0) is 60.2 Å². The molecule has 33 heavy (non-hydrogen) atoms. The van der Waals surface area contributed by atoms with E-state index in [4.69, 9.17) is 11.6 Å². The van der Waals surface area contributed by atoms with Gasteiger partial charge in [-0.1, -0.05) is 17.7 Å². The van der Waals surface area contributed by atoms with Crippen LogP contribution in [-0.2, 0) is 7.05 Å². The van der Waals surface area contributed by atoms with Crippen LogP contribution in [0.1, 0.15) is 0 Å². The maximum atomic E-state index is 13.6. The van der Waals surface area contributed by atoms with Crippen LogP contribution in [0.25, 0.3) is 38.8 Å². The van der Waals surface area contributed by atoms with Gasteiger partial charge >= 0.3 is 6.36 Å². The van der Waals surface area contributed by atoms with Crippen LogP contribution < -0.4 is 10.3 Å². The maximum Gasteiger partial charge on any atom is 0.573 e. The normalized spacial score (nSPS) is 11.9. The lowest BCUT2D eigenvalue weighted by atomic mass is 10.0. The summed E-state index contributed by atoms with van der Waals surface area (Å²) in [5.74, 6) is -0.396. The number of pyridine rings is 2. The van der Waals surface area contributed by atoms with Crippen LogP contribution >= 0.6 is 11.6 Å². The second-order valence-corrected chi connectivity index (χ2v) is 7.75. The zero-order valence-corrected chi connectivity index (χ0v) is 17.7. The third-order valence-corrected chi connectivity index (χ3v) is 5.29. The number of aromatic nitrogens is 4. The molecule has 0 unspecified atom stereocenters. The highest BCUT2D eigenvalue weighted by molar-refractivity contribution is 6.29. The number of aryl methyl sites for hydroxylation is 1. The Bertz CT molecular complexity index is 1570. The molecule has 0 N–H and O–H groups in total. The van der Waals surface area contributed by atoms with Crippen LogP contribution in [0.4, 0.5) is 13.2 Å². The van der Waals surface area contributed by atoms with E-state index < -0.39 is 17.7 Å². The lowest BCUT2D eigenvalue weighted by molar-refractivity contribution is -0.274. The molecule has 10 heteroatoms. The van der Waals surface area contributed by atoms with E-state index in [0.29, 0.717) is 22.2 Å². The van der Waals surface area contributed by atoms with Crippen molar-refractivity contribution in [3.63, 3.8) is 0 Å². The first-order valence-electron chi connectivity index (χ1n) is 9.70. The molecule has 0 radical (unpaired) electrons. The van der Waals surface area contributed by atoms with Crippen LogP contribution in [0.3, 0.4) is 0 Å². The number of ether oxygens (including phenoxy) is 1. The second kappa shape index (κ2) is 7.63. The molecule has 0 spiro atoms. The Labute approximate surface area is 189 Å². The van der Waals surface area contributed by atoms with E-state index in [0.717, 1.165) is 23.0 Å². The Balaban J connectivity index is 1.72. The number of nitrogens with zero attached hydrogens (tertiary/aromatic N) is 4. The Morgan fingerprint density at radius 2 is 1.73 bits per heavy atom. The number of halogens is 4. The minimum Gasteiger partial charge on any atom is -0.406 e. The lowest BCUT2D eigenvalue weighted by Crippen LogP contribution is -2.21. The van der Waals surface area contributed by atoms with E-state index in [9.17, 15) is 18.0 Å². The zero-order valence-electron chi connectivity index (χ0n) is 17.0. The van der Waals surface area contributed by atoms with Gasteiger partial charge in [0.05, 0.1) is 11.2 Å². The average Bonchev–Trinajstić information content (AvgIpc) is 3.12. The van der Waals surface area contributed by atoms with Crippen molar-refractivity contribution in [3.8, 4) is 22.6 Å². The van der Waals surface area contributed by atoms with Crippen molar-refractivity contribution in [2.45, 2.75) is 6.36 Å². The van der Waals surface area contributed by atoms with E-state index in [-0.39, 0.29) is 10.8 Å². The highest BCUT2D eigenvalue weighted by atomic mass is 35.5. The summed E-state index contributed by atoms with van der Waals surface area (Å²) in [5, 5.41) is 6.02. The molecule has 0 fully saturated rings. The molecule has 0 aliphatic rings. The van der Waals surface area contributed by atoms with Crippen LogP contribution in [0.15, 0.2) is 71.7 Å². The number of alkyl halides is 3. The van der Waals surface area contributed by atoms with E-state index in [1.165, 1.54) is 16.7 Å². The molecule has 3 aromatic heterocycles. The van der Waals surface area contributed by atoms with Crippen molar-refractivity contribution in [1.82, 2.24) is 19.3 Å². The Hall–Kier alpha value is -3.85. The molecule has 2 aromatic carbocycles. The van der Waals surface area contributed by atoms with E-state index in [1.807, 2.05) is 25.4 Å². The molecule has 0 saturated carbocycles. The SMILES string of the molecule is Cn1cc2cc(-c3cc4ccc(Cl)nc4n(-c4ccc(OC(F)(F)F)cc4)c3=O)ccc2n1. The number of hydrogen-bond donors (Lipinski definition) is 0. The molecule has 0 aliphatic heterocycles. The first-order valence-corrected chi connectivity index (χ1v) is 10.1. The highest BCUT2D eigenvalue weighted by Crippen LogP contribution is 2.28. The topological polar surface area (TPSA) is 61.9 Å². The number of hydrogen-bond acceptors (Lipinski definition) is 4. The standard InChI is InChI=1S/C23H14ClF3N4O2/c1-30-12-15-10-13(2-8-19(15)29-30)18-11-14-3-9-20(24)28-21(14)31(22(18)32)16-4-6-17(7-5-16)33-23(25,26)27/h2-12H,1H3. The summed E-state index contributed by atoms with van der Waals surface area (Å²) < 4.78 is 44.5. The van der Waals surface area contributed by atoms with Crippen molar-refractivity contribution < 1.29 is 17.9 Å². The van der Waals surface area contributed by atoms with Crippen LogP contribution in [0, 0.1) is 0 Å². The van der Waals surface area contributed by atoms with Gasteiger partial charge in [-0.15, -0.1) is 13.2 Å². The zero-order chi connectivity index (χ0) is 23.3. The minimum atomic E-state index is -4.81. The molecule has 5 aromatic rings. The van der Waals surface area contributed by atoms with Crippen molar-refractivity contribution in [1.29, 1.82) is 0 Å². The largest absolute Gasteiger partial charge is 0.573 e. The van der Waals surface area contributed by atoms with Crippen molar-refractivity contribution in [2.24, 2.45) is 7.05 Å². The summed E-state index contributed by atoms with van der Waals surface area (Å²) in [6, 6.07) is 15.5. The van der Waals surface area contributed by atoms with E-state index in [1.54, 1.807) is 28.9 Å². The van der Waals surface area contributed by atoms with Crippen molar-refractivity contribution in [3.05, 3.63) is 82.4 Å². The van der Waals surface area contributed by atoms with Gasteiger partial charge in [0.1, 0.15) is 16.5 Å². The smallest absolute Gasteiger partial charge is 0.406 e. The van der Waals surface area contributed by atoms with Gasteiger partial charge in [0.25, 0.3) is 5.56 Å². The molecular weight excluding hydrogens is 457 g/mol. The van der Waals surface area contributed by atoms with Crippen molar-refractivity contribution in [2.75, 3.05) is 0 Å². The van der Waals surface area contributed by atoms with Crippen molar-refractivity contribution >= 4 is 33.5 Å². The predicted octanol–water partition coefficient (Wildman–Crippen LogP) is 5.49. The minimum absolute atomic E-state index is 0.178. The van der Waals surface area contributed by atoms with Crippen LogP contribution in [-0.4, -0.2) is 25.7 Å².